The molecule has 0 spiro atoms. The van der Waals surface area contributed by atoms with Gasteiger partial charge in [0.2, 0.25) is 5.95 Å². The number of alkyl halides is 4. The van der Waals surface area contributed by atoms with Crippen LogP contribution in [0.4, 0.5) is 17.6 Å². The summed E-state index contributed by atoms with van der Waals surface area (Å²) in [7, 11) is 0. The van der Waals surface area contributed by atoms with Crippen molar-refractivity contribution in [2.75, 3.05) is 0 Å². The molecule has 0 aliphatic carbocycles. The lowest BCUT2D eigenvalue weighted by atomic mass is 10.1. The Labute approximate surface area is 76.3 Å². The van der Waals surface area contributed by atoms with E-state index in [0.717, 1.165) is 6.20 Å². The van der Waals surface area contributed by atoms with Gasteiger partial charge in [0.05, 0.1) is 11.4 Å². The van der Waals surface area contributed by atoms with Gasteiger partial charge < -0.3 is 0 Å². The fourth-order valence-electron chi connectivity index (χ4n) is 0.860. The van der Waals surface area contributed by atoms with Crippen LogP contribution in [0.5, 0.6) is 0 Å². The van der Waals surface area contributed by atoms with Crippen molar-refractivity contribution < 1.29 is 17.6 Å². The summed E-state index contributed by atoms with van der Waals surface area (Å²) >= 11 is 5.16. The zero-order valence-electron chi connectivity index (χ0n) is 6.20. The van der Waals surface area contributed by atoms with Crippen LogP contribution in [0.2, 0.25) is 0 Å². The van der Waals surface area contributed by atoms with E-state index < -0.39 is 29.1 Å². The molecule has 13 heavy (non-hydrogen) atoms. The maximum absolute atomic E-state index is 12.7. The fraction of sp³-hybridized carbons (Fsp3) is 0.286. The highest BCUT2D eigenvalue weighted by molar-refractivity contribution is 6.17. The number of hydrogen-bond acceptors (Lipinski definition) is 1. The zero-order valence-corrected chi connectivity index (χ0v) is 6.95. The van der Waals surface area contributed by atoms with Gasteiger partial charge in [0.25, 0.3) is 0 Å². The van der Waals surface area contributed by atoms with Crippen LogP contribution in [0.3, 0.4) is 0 Å². The molecular formula is C7H4ClF4N. The topological polar surface area (TPSA) is 12.9 Å². The number of hydrogen-bond donors (Lipinski definition) is 0. The highest BCUT2D eigenvalue weighted by atomic mass is 35.5. The predicted octanol–water partition coefficient (Wildman–Crippen LogP) is 2.98. The van der Waals surface area contributed by atoms with Crippen molar-refractivity contribution in [3.8, 4) is 0 Å². The van der Waals surface area contributed by atoms with Crippen LogP contribution in [0.15, 0.2) is 12.3 Å². The van der Waals surface area contributed by atoms with Gasteiger partial charge in [-0.25, -0.2) is 4.98 Å². The molecule has 1 aromatic heterocycles. The molecule has 6 heteroatoms. The minimum absolute atomic E-state index is 0.547. The third-order valence-corrected chi connectivity index (χ3v) is 1.71. The van der Waals surface area contributed by atoms with Gasteiger partial charge >= 0.3 is 6.18 Å². The molecule has 1 aromatic rings. The summed E-state index contributed by atoms with van der Waals surface area (Å²) in [6.07, 6.45) is -3.83. The van der Waals surface area contributed by atoms with E-state index in [1.165, 1.54) is 0 Å². The number of halogens is 5. The van der Waals surface area contributed by atoms with Crippen LogP contribution in [0.25, 0.3) is 0 Å². The van der Waals surface area contributed by atoms with Crippen LogP contribution >= 0.6 is 11.6 Å². The average Bonchev–Trinajstić information content (AvgIpc) is 2.02. The Morgan fingerprint density at radius 2 is 2.00 bits per heavy atom. The Bertz CT molecular complexity index is 310. The zero-order chi connectivity index (χ0) is 10.1. The van der Waals surface area contributed by atoms with Gasteiger partial charge in [-0.1, -0.05) is 0 Å². The molecule has 72 valence electrons. The number of pyridine rings is 1. The number of nitrogens with zero attached hydrogens (tertiary/aromatic N) is 1. The quantitative estimate of drug-likeness (QED) is 0.397. The molecule has 0 fully saturated rings. The van der Waals surface area contributed by atoms with Crippen LogP contribution in [0.1, 0.15) is 11.1 Å². The molecule has 1 rings (SSSR count). The third kappa shape index (κ3) is 2.09. The van der Waals surface area contributed by atoms with E-state index in [0.29, 0.717) is 6.07 Å². The van der Waals surface area contributed by atoms with E-state index in [1.807, 2.05) is 0 Å². The number of rotatable bonds is 1. The van der Waals surface area contributed by atoms with Gasteiger partial charge in [-0.05, 0) is 6.07 Å². The molecule has 0 atom stereocenters. The van der Waals surface area contributed by atoms with Crippen molar-refractivity contribution in [3.05, 3.63) is 29.3 Å². The van der Waals surface area contributed by atoms with Gasteiger partial charge in [0.1, 0.15) is 0 Å². The largest absolute Gasteiger partial charge is 0.416 e. The molecule has 0 N–H and O–H groups in total. The Morgan fingerprint density at radius 1 is 1.38 bits per heavy atom. The first-order valence-electron chi connectivity index (χ1n) is 3.23. The predicted molar refractivity (Wildman–Crippen MR) is 38.8 cm³/mol. The lowest BCUT2D eigenvalue weighted by Gasteiger charge is -2.10. The molecule has 0 unspecified atom stereocenters. The minimum Gasteiger partial charge on any atom is -0.228 e. The van der Waals surface area contributed by atoms with Crippen LogP contribution in [0, 0.1) is 5.95 Å². The second kappa shape index (κ2) is 3.49. The molecular weight excluding hydrogens is 210 g/mol. The summed E-state index contributed by atoms with van der Waals surface area (Å²) in [4.78, 5) is 3.07. The highest BCUT2D eigenvalue weighted by Gasteiger charge is 2.34. The first kappa shape index (κ1) is 10.2. The molecule has 1 heterocycles. The summed E-state index contributed by atoms with van der Waals surface area (Å²) in [5, 5.41) is 0. The summed E-state index contributed by atoms with van der Waals surface area (Å²) in [6.45, 7) is 0. The van der Waals surface area contributed by atoms with Gasteiger partial charge in [-0.2, -0.15) is 17.6 Å². The van der Waals surface area contributed by atoms with Gasteiger partial charge in [-0.15, -0.1) is 11.6 Å². The summed E-state index contributed by atoms with van der Waals surface area (Å²) in [5.41, 5.74) is -1.69. The van der Waals surface area contributed by atoms with Crippen molar-refractivity contribution in [2.24, 2.45) is 0 Å². The van der Waals surface area contributed by atoms with Crippen LogP contribution in [-0.2, 0) is 12.1 Å². The Morgan fingerprint density at radius 3 is 2.38 bits per heavy atom. The van der Waals surface area contributed by atoms with Crippen molar-refractivity contribution in [2.45, 2.75) is 12.1 Å². The van der Waals surface area contributed by atoms with E-state index in [1.54, 1.807) is 0 Å². The van der Waals surface area contributed by atoms with Gasteiger partial charge in [0.15, 0.2) is 0 Å². The standard InChI is InChI=1S/C7H4ClF4N/c8-3-4-5(7(10,11)12)1-2-13-6(4)9/h1-2H,3H2. The van der Waals surface area contributed by atoms with Gasteiger partial charge in [-0.3, -0.25) is 0 Å². The molecule has 0 aromatic carbocycles. The molecule has 0 bridgehead atoms. The second-order valence-corrected chi connectivity index (χ2v) is 2.53. The van der Waals surface area contributed by atoms with Crippen LogP contribution < -0.4 is 0 Å². The SMILES string of the molecule is Fc1nccc(C(F)(F)F)c1CCl. The van der Waals surface area contributed by atoms with Crippen molar-refractivity contribution in [1.82, 2.24) is 4.98 Å². The fourth-order valence-corrected chi connectivity index (χ4v) is 1.11. The Hall–Kier alpha value is -0.840. The molecule has 1 nitrogen and oxygen atoms in total. The van der Waals surface area contributed by atoms with E-state index in [-0.39, 0.29) is 0 Å². The lowest BCUT2D eigenvalue weighted by molar-refractivity contribution is -0.138. The molecule has 0 aliphatic heterocycles. The third-order valence-electron chi connectivity index (χ3n) is 1.44. The maximum Gasteiger partial charge on any atom is 0.416 e. The first-order valence-corrected chi connectivity index (χ1v) is 3.77. The molecule has 0 amide bonds. The second-order valence-electron chi connectivity index (χ2n) is 2.26. The van der Waals surface area contributed by atoms with E-state index in [2.05, 4.69) is 4.98 Å². The van der Waals surface area contributed by atoms with Crippen LogP contribution in [-0.4, -0.2) is 4.98 Å². The normalized spacial score (nSPS) is 11.8. The molecule has 0 saturated heterocycles. The maximum atomic E-state index is 12.7. The molecule has 0 aliphatic rings. The van der Waals surface area contributed by atoms with Crippen molar-refractivity contribution in [1.29, 1.82) is 0 Å². The smallest absolute Gasteiger partial charge is 0.228 e. The highest BCUT2D eigenvalue weighted by Crippen LogP contribution is 2.32. The monoisotopic (exact) mass is 213 g/mol. The Kier molecular flexibility index (Phi) is 2.75. The number of aromatic nitrogens is 1. The van der Waals surface area contributed by atoms with Gasteiger partial charge in [0, 0.05) is 11.8 Å². The molecule has 0 saturated carbocycles. The molecule has 0 radical (unpaired) electrons. The van der Waals surface area contributed by atoms with E-state index >= 15 is 0 Å². The van der Waals surface area contributed by atoms with Crippen molar-refractivity contribution in [3.63, 3.8) is 0 Å². The Balaban J connectivity index is 3.29. The first-order chi connectivity index (χ1) is 5.96. The summed E-state index contributed by atoms with van der Waals surface area (Å²) < 4.78 is 49.2. The van der Waals surface area contributed by atoms with E-state index in [9.17, 15) is 17.6 Å². The average molecular weight is 214 g/mol. The van der Waals surface area contributed by atoms with E-state index in [4.69, 9.17) is 11.6 Å². The summed E-state index contributed by atoms with van der Waals surface area (Å²) in [6, 6.07) is 0.695. The lowest BCUT2D eigenvalue weighted by Crippen LogP contribution is -2.10. The summed E-state index contributed by atoms with van der Waals surface area (Å²) in [5.74, 6) is -1.72. The minimum atomic E-state index is -4.59. The van der Waals surface area contributed by atoms with Crippen molar-refractivity contribution >= 4 is 11.6 Å².